The van der Waals surface area contributed by atoms with Crippen LogP contribution in [0, 0.1) is 5.82 Å². The summed E-state index contributed by atoms with van der Waals surface area (Å²) in [6.07, 6.45) is 0. The minimum absolute atomic E-state index is 0.282. The van der Waals surface area contributed by atoms with Gasteiger partial charge in [0.25, 0.3) is 0 Å². The maximum Gasteiger partial charge on any atom is 0.124 e. The zero-order chi connectivity index (χ0) is 15.4. The van der Waals surface area contributed by atoms with Gasteiger partial charge in [-0.15, -0.1) is 0 Å². The van der Waals surface area contributed by atoms with Gasteiger partial charge in [-0.1, -0.05) is 44.2 Å². The van der Waals surface area contributed by atoms with E-state index in [4.69, 9.17) is 5.73 Å². The molecule has 112 valence electrons. The minimum atomic E-state index is -1.30. The molecular formula is C17H20FNOS. The summed E-state index contributed by atoms with van der Waals surface area (Å²) in [7, 11) is -1.30. The number of hydrogen-bond donors (Lipinski definition) is 1. The Bertz CT molecular complexity index is 625. The SMILES string of the molecule is CC(C)c1ccc(C(N)CS(=O)c2cccc(F)c2)cc1. The monoisotopic (exact) mass is 305 g/mol. The van der Waals surface area contributed by atoms with Gasteiger partial charge in [0.05, 0.1) is 10.8 Å². The molecule has 0 fully saturated rings. The van der Waals surface area contributed by atoms with E-state index in [-0.39, 0.29) is 17.6 Å². The Hall–Kier alpha value is -1.52. The largest absolute Gasteiger partial charge is 0.323 e. The molecule has 0 bridgehead atoms. The molecule has 2 aromatic rings. The molecule has 0 aromatic heterocycles. The molecule has 0 heterocycles. The Balaban J connectivity index is 2.07. The number of rotatable bonds is 5. The highest BCUT2D eigenvalue weighted by atomic mass is 32.2. The molecule has 2 nitrogen and oxygen atoms in total. The van der Waals surface area contributed by atoms with Gasteiger partial charge < -0.3 is 5.73 Å². The second-order valence-electron chi connectivity index (χ2n) is 5.40. The van der Waals surface area contributed by atoms with Crippen molar-refractivity contribution in [2.75, 3.05) is 5.75 Å². The zero-order valence-electron chi connectivity index (χ0n) is 12.3. The maximum atomic E-state index is 13.1. The molecule has 0 spiro atoms. The molecule has 2 unspecified atom stereocenters. The minimum Gasteiger partial charge on any atom is -0.323 e. The van der Waals surface area contributed by atoms with Crippen molar-refractivity contribution in [1.82, 2.24) is 0 Å². The average molecular weight is 305 g/mol. The summed E-state index contributed by atoms with van der Waals surface area (Å²) in [5.41, 5.74) is 8.31. The molecule has 2 aromatic carbocycles. The fourth-order valence-corrected chi connectivity index (χ4v) is 3.28. The number of halogens is 1. The summed E-state index contributed by atoms with van der Waals surface area (Å²) in [5.74, 6) is 0.372. The molecule has 0 aliphatic heterocycles. The highest BCUT2D eigenvalue weighted by Gasteiger charge is 2.13. The zero-order valence-corrected chi connectivity index (χ0v) is 13.1. The maximum absolute atomic E-state index is 13.1. The van der Waals surface area contributed by atoms with Crippen LogP contribution in [0.3, 0.4) is 0 Å². The molecule has 0 saturated carbocycles. The third-order valence-electron chi connectivity index (χ3n) is 3.42. The number of nitrogens with two attached hydrogens (primary N) is 1. The highest BCUT2D eigenvalue weighted by Crippen LogP contribution is 2.19. The van der Waals surface area contributed by atoms with Gasteiger partial charge in [0.1, 0.15) is 5.82 Å². The predicted octanol–water partition coefficient (Wildman–Crippen LogP) is 3.76. The summed E-state index contributed by atoms with van der Waals surface area (Å²) in [6, 6.07) is 13.6. The molecule has 0 amide bonds. The van der Waals surface area contributed by atoms with Crippen LogP contribution < -0.4 is 5.73 Å². The predicted molar refractivity (Wildman–Crippen MR) is 85.1 cm³/mol. The second-order valence-corrected chi connectivity index (χ2v) is 6.89. The van der Waals surface area contributed by atoms with E-state index in [2.05, 4.69) is 13.8 Å². The lowest BCUT2D eigenvalue weighted by Gasteiger charge is -2.13. The second kappa shape index (κ2) is 6.96. The Morgan fingerprint density at radius 2 is 1.71 bits per heavy atom. The van der Waals surface area contributed by atoms with Gasteiger partial charge in [-0.3, -0.25) is 4.21 Å². The van der Waals surface area contributed by atoms with Crippen molar-refractivity contribution in [1.29, 1.82) is 0 Å². The van der Waals surface area contributed by atoms with Crippen LogP contribution in [0.5, 0.6) is 0 Å². The molecule has 2 atom stereocenters. The Morgan fingerprint density at radius 3 is 2.29 bits per heavy atom. The van der Waals surface area contributed by atoms with E-state index >= 15 is 0 Å². The summed E-state index contributed by atoms with van der Waals surface area (Å²) in [4.78, 5) is 0.476. The molecule has 0 aliphatic carbocycles. The first kappa shape index (κ1) is 15.9. The van der Waals surface area contributed by atoms with Crippen molar-refractivity contribution in [3.8, 4) is 0 Å². The standard InChI is InChI=1S/C17H20FNOS/c1-12(2)13-6-8-14(9-7-13)17(19)11-21(20)16-5-3-4-15(18)10-16/h3-10,12,17H,11,19H2,1-2H3. The van der Waals surface area contributed by atoms with E-state index in [9.17, 15) is 8.60 Å². The van der Waals surface area contributed by atoms with E-state index in [0.717, 1.165) is 5.56 Å². The van der Waals surface area contributed by atoms with Crippen molar-refractivity contribution < 1.29 is 8.60 Å². The Morgan fingerprint density at radius 1 is 1.10 bits per heavy atom. The number of hydrogen-bond acceptors (Lipinski definition) is 2. The van der Waals surface area contributed by atoms with Crippen molar-refractivity contribution in [3.63, 3.8) is 0 Å². The van der Waals surface area contributed by atoms with E-state index in [1.807, 2.05) is 24.3 Å². The van der Waals surface area contributed by atoms with Crippen molar-refractivity contribution in [3.05, 3.63) is 65.5 Å². The quantitative estimate of drug-likeness (QED) is 0.914. The average Bonchev–Trinajstić information content (AvgIpc) is 2.47. The van der Waals surface area contributed by atoms with Crippen LogP contribution in [-0.2, 0) is 10.8 Å². The van der Waals surface area contributed by atoms with Gasteiger partial charge in [0.15, 0.2) is 0 Å². The first-order valence-electron chi connectivity index (χ1n) is 6.96. The number of benzene rings is 2. The van der Waals surface area contributed by atoms with Crippen LogP contribution in [0.1, 0.15) is 36.9 Å². The molecular weight excluding hydrogens is 285 g/mol. The third-order valence-corrected chi connectivity index (χ3v) is 4.86. The summed E-state index contributed by atoms with van der Waals surface area (Å²) in [6.45, 7) is 4.27. The lowest BCUT2D eigenvalue weighted by atomic mass is 10.00. The lowest BCUT2D eigenvalue weighted by Crippen LogP contribution is -2.18. The van der Waals surface area contributed by atoms with Gasteiger partial charge in [0, 0.05) is 16.7 Å². The van der Waals surface area contributed by atoms with E-state index < -0.39 is 10.8 Å². The van der Waals surface area contributed by atoms with Crippen molar-refractivity contribution in [2.45, 2.75) is 30.7 Å². The van der Waals surface area contributed by atoms with Crippen molar-refractivity contribution >= 4 is 10.8 Å². The summed E-state index contributed by atoms with van der Waals surface area (Å²) in [5, 5.41) is 0. The fraction of sp³-hybridized carbons (Fsp3) is 0.294. The Kier molecular flexibility index (Phi) is 5.26. The van der Waals surface area contributed by atoms with E-state index in [1.165, 1.54) is 17.7 Å². The molecule has 4 heteroatoms. The smallest absolute Gasteiger partial charge is 0.124 e. The molecule has 2 N–H and O–H groups in total. The summed E-state index contributed by atoms with van der Waals surface area (Å²) >= 11 is 0. The molecule has 2 rings (SSSR count). The topological polar surface area (TPSA) is 43.1 Å². The third kappa shape index (κ3) is 4.22. The van der Waals surface area contributed by atoms with Crippen LogP contribution in [-0.4, -0.2) is 9.96 Å². The summed E-state index contributed by atoms with van der Waals surface area (Å²) < 4.78 is 25.4. The van der Waals surface area contributed by atoms with Gasteiger partial charge >= 0.3 is 0 Å². The first-order valence-corrected chi connectivity index (χ1v) is 8.28. The molecule has 0 saturated heterocycles. The molecule has 0 radical (unpaired) electrons. The first-order chi connectivity index (χ1) is 9.97. The lowest BCUT2D eigenvalue weighted by molar-refractivity contribution is 0.622. The van der Waals surface area contributed by atoms with Gasteiger partial charge in [-0.05, 0) is 35.2 Å². The van der Waals surface area contributed by atoms with E-state index in [1.54, 1.807) is 12.1 Å². The van der Waals surface area contributed by atoms with Crippen LogP contribution >= 0.6 is 0 Å². The Labute approximate surface area is 127 Å². The van der Waals surface area contributed by atoms with Gasteiger partial charge in [0.2, 0.25) is 0 Å². The van der Waals surface area contributed by atoms with Crippen molar-refractivity contribution in [2.24, 2.45) is 5.73 Å². The molecule has 0 aliphatic rings. The highest BCUT2D eigenvalue weighted by molar-refractivity contribution is 7.85. The van der Waals surface area contributed by atoms with Crippen LogP contribution in [0.2, 0.25) is 0 Å². The van der Waals surface area contributed by atoms with Crippen LogP contribution in [0.4, 0.5) is 4.39 Å². The fourth-order valence-electron chi connectivity index (χ4n) is 2.09. The normalized spacial score (nSPS) is 14.1. The van der Waals surface area contributed by atoms with Gasteiger partial charge in [-0.2, -0.15) is 0 Å². The van der Waals surface area contributed by atoms with Crippen LogP contribution in [0.15, 0.2) is 53.4 Å². The van der Waals surface area contributed by atoms with Crippen LogP contribution in [0.25, 0.3) is 0 Å². The van der Waals surface area contributed by atoms with Gasteiger partial charge in [-0.25, -0.2) is 4.39 Å². The van der Waals surface area contributed by atoms with E-state index in [0.29, 0.717) is 10.8 Å². The molecule has 21 heavy (non-hydrogen) atoms.